The number of rotatable bonds is 4. The summed E-state index contributed by atoms with van der Waals surface area (Å²) in [4.78, 5) is 11.8. The van der Waals surface area contributed by atoms with Crippen LogP contribution in [0.2, 0.25) is 0 Å². The fourth-order valence-corrected chi connectivity index (χ4v) is 2.61. The zero-order valence-corrected chi connectivity index (χ0v) is 13.4. The van der Waals surface area contributed by atoms with Crippen molar-refractivity contribution >= 4 is 27.6 Å². The van der Waals surface area contributed by atoms with Crippen molar-refractivity contribution in [1.82, 2.24) is 5.32 Å². The lowest BCUT2D eigenvalue weighted by Crippen LogP contribution is -2.29. The molecule has 4 heteroatoms. The van der Waals surface area contributed by atoms with Crippen LogP contribution in [0.5, 0.6) is 0 Å². The van der Waals surface area contributed by atoms with Crippen LogP contribution in [0.3, 0.4) is 0 Å². The second kappa shape index (κ2) is 7.48. The molecule has 0 radical (unpaired) electrons. The van der Waals surface area contributed by atoms with E-state index in [1.807, 2.05) is 25.1 Å². The van der Waals surface area contributed by atoms with Crippen LogP contribution in [0, 0.1) is 6.92 Å². The van der Waals surface area contributed by atoms with Gasteiger partial charge in [-0.05, 0) is 62.8 Å². The van der Waals surface area contributed by atoms with Gasteiger partial charge in [0.15, 0.2) is 0 Å². The zero-order valence-electron chi connectivity index (χ0n) is 11.8. The highest BCUT2D eigenvalue weighted by molar-refractivity contribution is 9.10. The maximum absolute atomic E-state index is 11.8. The van der Waals surface area contributed by atoms with Gasteiger partial charge in [-0.25, -0.2) is 4.79 Å². The van der Waals surface area contributed by atoms with Crippen LogP contribution in [0.25, 0.3) is 0 Å². The molecule has 2 amide bonds. The van der Waals surface area contributed by atoms with Crippen molar-refractivity contribution in [3.05, 3.63) is 39.9 Å². The summed E-state index contributed by atoms with van der Waals surface area (Å²) in [5.41, 5.74) is 3.41. The highest BCUT2D eigenvalue weighted by Gasteiger charge is 2.05. The molecule has 0 spiro atoms. The van der Waals surface area contributed by atoms with Crippen molar-refractivity contribution in [3.8, 4) is 0 Å². The molecular weight excluding hydrogens is 316 g/mol. The molecule has 2 N–H and O–H groups in total. The average Bonchev–Trinajstić information content (AvgIpc) is 2.44. The van der Waals surface area contributed by atoms with Crippen molar-refractivity contribution in [2.24, 2.45) is 0 Å². The summed E-state index contributed by atoms with van der Waals surface area (Å²) >= 11 is 3.45. The van der Waals surface area contributed by atoms with E-state index < -0.39 is 0 Å². The fraction of sp³-hybridized carbons (Fsp3) is 0.438. The molecule has 0 aromatic heterocycles. The number of urea groups is 1. The van der Waals surface area contributed by atoms with Crippen molar-refractivity contribution in [2.75, 3.05) is 11.9 Å². The van der Waals surface area contributed by atoms with Crippen LogP contribution in [-0.2, 0) is 0 Å². The number of carbonyl (C=O) groups excluding carboxylic acids is 1. The van der Waals surface area contributed by atoms with Gasteiger partial charge in [0, 0.05) is 16.7 Å². The first-order valence-corrected chi connectivity index (χ1v) is 7.93. The van der Waals surface area contributed by atoms with Crippen LogP contribution >= 0.6 is 15.9 Å². The summed E-state index contributed by atoms with van der Waals surface area (Å²) in [7, 11) is 0. The number of aryl methyl sites for hydroxylation is 1. The van der Waals surface area contributed by atoms with Gasteiger partial charge in [-0.15, -0.1) is 0 Å². The number of benzene rings is 1. The SMILES string of the molecule is Cc1cc(NC(=O)NCCC2=CCCCC2)ccc1Br. The standard InChI is InChI=1S/C16H21BrN2O/c1-12-11-14(7-8-15(12)17)19-16(20)18-10-9-13-5-3-2-4-6-13/h5,7-8,11H,2-4,6,9-10H2,1H3,(H2,18,19,20). The topological polar surface area (TPSA) is 41.1 Å². The van der Waals surface area contributed by atoms with Crippen LogP contribution in [0.15, 0.2) is 34.3 Å². The van der Waals surface area contributed by atoms with Gasteiger partial charge in [-0.3, -0.25) is 0 Å². The summed E-state index contributed by atoms with van der Waals surface area (Å²) in [5.74, 6) is 0. The van der Waals surface area contributed by atoms with E-state index in [1.165, 1.54) is 31.3 Å². The first-order valence-electron chi connectivity index (χ1n) is 7.14. The summed E-state index contributed by atoms with van der Waals surface area (Å²) in [6.45, 7) is 2.70. The molecular formula is C16H21BrN2O. The van der Waals surface area contributed by atoms with E-state index in [-0.39, 0.29) is 6.03 Å². The molecule has 0 heterocycles. The van der Waals surface area contributed by atoms with E-state index >= 15 is 0 Å². The van der Waals surface area contributed by atoms with Gasteiger partial charge in [0.05, 0.1) is 0 Å². The maximum Gasteiger partial charge on any atom is 0.319 e. The second-order valence-electron chi connectivity index (χ2n) is 5.20. The van der Waals surface area contributed by atoms with Gasteiger partial charge in [0.25, 0.3) is 0 Å². The van der Waals surface area contributed by atoms with Gasteiger partial charge < -0.3 is 10.6 Å². The highest BCUT2D eigenvalue weighted by atomic mass is 79.9. The lowest BCUT2D eigenvalue weighted by molar-refractivity contribution is 0.252. The molecule has 2 rings (SSSR count). The largest absolute Gasteiger partial charge is 0.338 e. The number of nitrogens with one attached hydrogen (secondary N) is 2. The van der Waals surface area contributed by atoms with Crippen LogP contribution in [0.4, 0.5) is 10.5 Å². The molecule has 0 saturated carbocycles. The van der Waals surface area contributed by atoms with E-state index in [9.17, 15) is 4.79 Å². The van der Waals surface area contributed by atoms with Crippen molar-refractivity contribution in [3.63, 3.8) is 0 Å². The second-order valence-corrected chi connectivity index (χ2v) is 6.06. The van der Waals surface area contributed by atoms with Crippen LogP contribution in [-0.4, -0.2) is 12.6 Å². The number of allylic oxidation sites excluding steroid dienone is 1. The van der Waals surface area contributed by atoms with Crippen molar-refractivity contribution < 1.29 is 4.79 Å². The summed E-state index contributed by atoms with van der Waals surface area (Å²) in [5, 5.41) is 5.77. The number of carbonyl (C=O) groups is 1. The van der Waals surface area contributed by atoms with E-state index in [4.69, 9.17) is 0 Å². The number of amides is 2. The van der Waals surface area contributed by atoms with Gasteiger partial charge in [-0.2, -0.15) is 0 Å². The smallest absolute Gasteiger partial charge is 0.319 e. The minimum atomic E-state index is -0.136. The molecule has 3 nitrogen and oxygen atoms in total. The number of anilines is 1. The Morgan fingerprint density at radius 2 is 2.20 bits per heavy atom. The monoisotopic (exact) mass is 336 g/mol. The van der Waals surface area contributed by atoms with Gasteiger partial charge in [0.2, 0.25) is 0 Å². The van der Waals surface area contributed by atoms with E-state index in [0.717, 1.165) is 22.1 Å². The summed E-state index contributed by atoms with van der Waals surface area (Å²) in [6, 6.07) is 5.65. The normalized spacial score (nSPS) is 14.6. The third-order valence-corrected chi connectivity index (χ3v) is 4.42. The predicted molar refractivity (Wildman–Crippen MR) is 87.1 cm³/mol. The predicted octanol–water partition coefficient (Wildman–Crippen LogP) is 4.77. The van der Waals surface area contributed by atoms with Gasteiger partial charge >= 0.3 is 6.03 Å². The highest BCUT2D eigenvalue weighted by Crippen LogP contribution is 2.20. The molecule has 0 unspecified atom stereocenters. The first-order chi connectivity index (χ1) is 9.65. The third kappa shape index (κ3) is 4.67. The molecule has 1 aromatic rings. The number of hydrogen-bond donors (Lipinski definition) is 2. The zero-order chi connectivity index (χ0) is 14.4. The van der Waals surface area contributed by atoms with E-state index in [0.29, 0.717) is 6.54 Å². The van der Waals surface area contributed by atoms with E-state index in [1.54, 1.807) is 0 Å². The molecule has 0 bridgehead atoms. The molecule has 0 aliphatic heterocycles. The molecule has 20 heavy (non-hydrogen) atoms. The summed E-state index contributed by atoms with van der Waals surface area (Å²) < 4.78 is 1.05. The molecule has 108 valence electrons. The third-order valence-electron chi connectivity index (χ3n) is 3.53. The Morgan fingerprint density at radius 3 is 2.90 bits per heavy atom. The number of halogens is 1. The molecule has 1 aliphatic rings. The van der Waals surface area contributed by atoms with Crippen LogP contribution in [0.1, 0.15) is 37.7 Å². The lowest BCUT2D eigenvalue weighted by Gasteiger charge is -2.13. The van der Waals surface area contributed by atoms with Gasteiger partial charge in [0.1, 0.15) is 0 Å². The maximum atomic E-state index is 11.8. The van der Waals surface area contributed by atoms with Crippen molar-refractivity contribution in [1.29, 1.82) is 0 Å². The van der Waals surface area contributed by atoms with E-state index in [2.05, 4.69) is 32.6 Å². The quantitative estimate of drug-likeness (QED) is 0.764. The first kappa shape index (κ1) is 15.1. The molecule has 0 atom stereocenters. The Balaban J connectivity index is 1.74. The van der Waals surface area contributed by atoms with Crippen molar-refractivity contribution in [2.45, 2.75) is 39.0 Å². The molecule has 1 aliphatic carbocycles. The van der Waals surface area contributed by atoms with Gasteiger partial charge in [-0.1, -0.05) is 27.6 Å². The average molecular weight is 337 g/mol. The molecule has 0 fully saturated rings. The minimum absolute atomic E-state index is 0.136. The minimum Gasteiger partial charge on any atom is -0.338 e. The Hall–Kier alpha value is -1.29. The Morgan fingerprint density at radius 1 is 1.35 bits per heavy atom. The Kier molecular flexibility index (Phi) is 5.65. The number of hydrogen-bond acceptors (Lipinski definition) is 1. The van der Waals surface area contributed by atoms with Crippen LogP contribution < -0.4 is 10.6 Å². The fourth-order valence-electron chi connectivity index (χ4n) is 2.37. The summed E-state index contributed by atoms with van der Waals surface area (Å²) in [6.07, 6.45) is 8.26. The molecule has 1 aromatic carbocycles. The lowest BCUT2D eigenvalue weighted by atomic mass is 9.97. The Labute approximate surface area is 129 Å². The Bertz CT molecular complexity index is 511. The molecule has 0 saturated heterocycles.